The highest BCUT2D eigenvalue weighted by atomic mass is 32.2. The van der Waals surface area contributed by atoms with Gasteiger partial charge in [-0.3, -0.25) is 4.79 Å². The van der Waals surface area contributed by atoms with Crippen LogP contribution in [0.15, 0.2) is 65.6 Å². The Hall–Kier alpha value is -3.23. The van der Waals surface area contributed by atoms with E-state index >= 15 is 0 Å². The lowest BCUT2D eigenvalue weighted by Gasteiger charge is -2.25. The van der Waals surface area contributed by atoms with Crippen molar-refractivity contribution in [2.24, 2.45) is 7.05 Å². The van der Waals surface area contributed by atoms with Crippen molar-refractivity contribution >= 4 is 43.4 Å². The zero-order valence-electron chi connectivity index (χ0n) is 19.2. The molecular weight excluding hydrogens is 448 g/mol. The number of aromatic nitrogens is 2. The first kappa shape index (κ1) is 22.6. The van der Waals surface area contributed by atoms with E-state index in [2.05, 4.69) is 10.3 Å². The van der Waals surface area contributed by atoms with Crippen LogP contribution in [-0.2, 0) is 28.3 Å². The van der Waals surface area contributed by atoms with E-state index in [0.717, 1.165) is 47.1 Å². The van der Waals surface area contributed by atoms with Gasteiger partial charge in [0.2, 0.25) is 15.9 Å². The molecule has 4 aromatic rings. The molecule has 7 nitrogen and oxygen atoms in total. The maximum absolute atomic E-state index is 13.0. The number of rotatable bonds is 6. The van der Waals surface area contributed by atoms with Crippen LogP contribution in [0.4, 0.5) is 5.69 Å². The lowest BCUT2D eigenvalue weighted by atomic mass is 10.1. The molecule has 3 aromatic carbocycles. The van der Waals surface area contributed by atoms with Gasteiger partial charge in [0.1, 0.15) is 5.82 Å². The van der Waals surface area contributed by atoms with E-state index in [9.17, 15) is 13.2 Å². The molecular formula is C26H28N4O3S. The van der Waals surface area contributed by atoms with E-state index in [1.165, 1.54) is 0 Å². The number of hydrogen-bond acceptors (Lipinski definition) is 4. The molecule has 1 fully saturated rings. The number of nitrogens with zero attached hydrogens (tertiary/aromatic N) is 3. The van der Waals surface area contributed by atoms with E-state index < -0.39 is 10.0 Å². The molecule has 1 aliphatic heterocycles. The molecule has 1 amide bonds. The highest BCUT2D eigenvalue weighted by Crippen LogP contribution is 2.26. The number of piperidine rings is 1. The monoisotopic (exact) mass is 476 g/mol. The summed E-state index contributed by atoms with van der Waals surface area (Å²) in [6.45, 7) is 1.14. The summed E-state index contributed by atoms with van der Waals surface area (Å²) < 4.78 is 29.6. The van der Waals surface area contributed by atoms with Gasteiger partial charge in [0.25, 0.3) is 0 Å². The molecule has 0 bridgehead atoms. The summed E-state index contributed by atoms with van der Waals surface area (Å²) in [5, 5.41) is 5.09. The Morgan fingerprint density at radius 3 is 2.59 bits per heavy atom. The Balaban J connectivity index is 1.32. The Morgan fingerprint density at radius 1 is 1.00 bits per heavy atom. The molecule has 5 rings (SSSR count). The van der Waals surface area contributed by atoms with Gasteiger partial charge in [-0.2, -0.15) is 4.31 Å². The summed E-state index contributed by atoms with van der Waals surface area (Å²) in [6.07, 6.45) is 3.60. The van der Waals surface area contributed by atoms with Gasteiger partial charge in [0.05, 0.1) is 15.9 Å². The van der Waals surface area contributed by atoms with Crippen LogP contribution in [0.3, 0.4) is 0 Å². The van der Waals surface area contributed by atoms with Crippen LogP contribution in [0.1, 0.15) is 31.5 Å². The number of hydrogen-bond donors (Lipinski definition) is 1. The van der Waals surface area contributed by atoms with Gasteiger partial charge in [-0.05, 0) is 42.5 Å². The third-order valence-corrected chi connectivity index (χ3v) is 8.43. The number of anilines is 1. The first-order valence-corrected chi connectivity index (χ1v) is 13.1. The van der Waals surface area contributed by atoms with Crippen LogP contribution in [-0.4, -0.2) is 41.3 Å². The quantitative estimate of drug-likeness (QED) is 0.445. The molecule has 1 N–H and O–H groups in total. The lowest BCUT2D eigenvalue weighted by Crippen LogP contribution is -2.35. The minimum absolute atomic E-state index is 0.0863. The number of carbonyl (C=O) groups is 1. The molecule has 0 aliphatic carbocycles. The van der Waals surface area contributed by atoms with E-state index in [-0.39, 0.29) is 17.2 Å². The molecule has 0 spiro atoms. The van der Waals surface area contributed by atoms with Crippen molar-refractivity contribution in [3.8, 4) is 0 Å². The third kappa shape index (κ3) is 4.31. The van der Waals surface area contributed by atoms with E-state index in [0.29, 0.717) is 25.0 Å². The second-order valence-electron chi connectivity index (χ2n) is 8.78. The van der Waals surface area contributed by atoms with Crippen molar-refractivity contribution in [1.29, 1.82) is 0 Å². The fraction of sp³-hybridized carbons (Fsp3) is 0.308. The summed E-state index contributed by atoms with van der Waals surface area (Å²) in [7, 11) is -1.62. The zero-order chi connectivity index (χ0) is 23.7. The standard InChI is InChI=1S/C26H28N4O3S/c1-29-24-13-12-20(34(32,33)30-16-5-2-6-17-30)18-23(24)27-25(29)14-15-26(31)28-22-11-7-9-19-8-3-4-10-21(19)22/h3-4,7-13,18H,2,5-6,14-17H2,1H3,(H,28,31). The van der Waals surface area contributed by atoms with Crippen molar-refractivity contribution in [2.45, 2.75) is 37.0 Å². The number of imidazole rings is 1. The predicted molar refractivity (Wildman–Crippen MR) is 134 cm³/mol. The normalized spacial score (nSPS) is 15.1. The van der Waals surface area contributed by atoms with Gasteiger partial charge >= 0.3 is 0 Å². The average molecular weight is 477 g/mol. The van der Waals surface area contributed by atoms with Crippen molar-refractivity contribution in [3.05, 3.63) is 66.5 Å². The topological polar surface area (TPSA) is 84.3 Å². The molecule has 2 heterocycles. The van der Waals surface area contributed by atoms with E-state index in [1.54, 1.807) is 22.5 Å². The molecule has 0 saturated carbocycles. The smallest absolute Gasteiger partial charge is 0.243 e. The number of fused-ring (bicyclic) bond motifs is 2. The minimum atomic E-state index is -3.52. The largest absolute Gasteiger partial charge is 0.331 e. The molecule has 0 atom stereocenters. The first-order valence-electron chi connectivity index (χ1n) is 11.7. The number of benzene rings is 3. The molecule has 8 heteroatoms. The molecule has 34 heavy (non-hydrogen) atoms. The van der Waals surface area contributed by atoms with Crippen molar-refractivity contribution in [3.63, 3.8) is 0 Å². The maximum atomic E-state index is 13.0. The summed E-state index contributed by atoms with van der Waals surface area (Å²) in [5.74, 6) is 0.660. The van der Waals surface area contributed by atoms with Crippen molar-refractivity contribution in [1.82, 2.24) is 13.9 Å². The second kappa shape index (κ2) is 9.19. The van der Waals surface area contributed by atoms with Gasteiger partial charge in [-0.1, -0.05) is 42.8 Å². The maximum Gasteiger partial charge on any atom is 0.243 e. The number of sulfonamides is 1. The number of aryl methyl sites for hydroxylation is 2. The molecule has 0 radical (unpaired) electrons. The minimum Gasteiger partial charge on any atom is -0.331 e. The predicted octanol–water partition coefficient (Wildman–Crippen LogP) is 4.47. The molecule has 1 aromatic heterocycles. The van der Waals surface area contributed by atoms with Gasteiger partial charge in [0.15, 0.2) is 0 Å². The van der Waals surface area contributed by atoms with Gasteiger partial charge in [-0.15, -0.1) is 0 Å². The van der Waals surface area contributed by atoms with Gasteiger partial charge < -0.3 is 9.88 Å². The Labute approximate surface area is 199 Å². The van der Waals surface area contributed by atoms with Crippen molar-refractivity contribution in [2.75, 3.05) is 18.4 Å². The van der Waals surface area contributed by atoms with Crippen LogP contribution in [0.25, 0.3) is 21.8 Å². The number of nitrogens with one attached hydrogen (secondary N) is 1. The lowest BCUT2D eigenvalue weighted by molar-refractivity contribution is -0.116. The highest BCUT2D eigenvalue weighted by molar-refractivity contribution is 7.89. The molecule has 176 valence electrons. The van der Waals surface area contributed by atoms with Crippen LogP contribution in [0.2, 0.25) is 0 Å². The van der Waals surface area contributed by atoms with Crippen LogP contribution >= 0.6 is 0 Å². The van der Waals surface area contributed by atoms with E-state index in [4.69, 9.17) is 0 Å². The first-order chi connectivity index (χ1) is 16.4. The Kier molecular flexibility index (Phi) is 6.10. The van der Waals surface area contributed by atoms with Crippen LogP contribution < -0.4 is 5.32 Å². The third-order valence-electron chi connectivity index (χ3n) is 6.54. The second-order valence-corrected chi connectivity index (χ2v) is 10.7. The number of carbonyl (C=O) groups excluding carboxylic acids is 1. The number of amides is 1. The van der Waals surface area contributed by atoms with E-state index in [1.807, 2.05) is 54.1 Å². The fourth-order valence-corrected chi connectivity index (χ4v) is 6.18. The average Bonchev–Trinajstić information content (AvgIpc) is 3.18. The molecule has 0 unspecified atom stereocenters. The summed E-state index contributed by atoms with van der Waals surface area (Å²) in [5.41, 5.74) is 2.27. The fourth-order valence-electron chi connectivity index (χ4n) is 4.64. The van der Waals surface area contributed by atoms with Gasteiger partial charge in [0, 0.05) is 44.1 Å². The SMILES string of the molecule is Cn1c(CCC(=O)Nc2cccc3ccccc23)nc2cc(S(=O)(=O)N3CCCCC3)ccc21. The summed E-state index contributed by atoms with van der Waals surface area (Å²) in [4.78, 5) is 17.6. The van der Waals surface area contributed by atoms with Crippen LogP contribution in [0.5, 0.6) is 0 Å². The van der Waals surface area contributed by atoms with Gasteiger partial charge in [-0.25, -0.2) is 13.4 Å². The Morgan fingerprint density at radius 2 is 1.76 bits per heavy atom. The zero-order valence-corrected chi connectivity index (χ0v) is 20.0. The highest BCUT2D eigenvalue weighted by Gasteiger charge is 2.26. The molecule has 1 aliphatic rings. The summed E-state index contributed by atoms with van der Waals surface area (Å²) in [6, 6.07) is 18.9. The van der Waals surface area contributed by atoms with Crippen molar-refractivity contribution < 1.29 is 13.2 Å². The van der Waals surface area contributed by atoms with Crippen LogP contribution in [0, 0.1) is 0 Å². The molecule has 1 saturated heterocycles. The summed E-state index contributed by atoms with van der Waals surface area (Å²) >= 11 is 0. The Bertz CT molecular complexity index is 1460.